The van der Waals surface area contributed by atoms with Gasteiger partial charge in [0.15, 0.2) is 0 Å². The minimum atomic E-state index is -2.79. The van der Waals surface area contributed by atoms with Gasteiger partial charge < -0.3 is 4.74 Å². The van der Waals surface area contributed by atoms with E-state index in [-0.39, 0.29) is 5.75 Å². The van der Waals surface area contributed by atoms with Crippen LogP contribution in [-0.2, 0) is 0 Å². The van der Waals surface area contributed by atoms with Crippen LogP contribution in [-0.4, -0.2) is 6.56 Å². The zero-order valence-corrected chi connectivity index (χ0v) is 5.72. The van der Waals surface area contributed by atoms with Crippen LogP contribution >= 0.6 is 0 Å². The summed E-state index contributed by atoms with van der Waals surface area (Å²) < 4.78 is 40.3. The van der Waals surface area contributed by atoms with E-state index in [2.05, 4.69) is 0 Å². The van der Waals surface area contributed by atoms with Crippen molar-refractivity contribution in [2.24, 2.45) is 0 Å². The lowest BCUT2D eigenvalue weighted by Gasteiger charge is -2.01. The SMILES string of the molecule is [2H]C([2H])([2H])C([2H])([2H])Oc1cccc(C)c1. The van der Waals surface area contributed by atoms with Gasteiger partial charge in [0, 0.05) is 4.11 Å². The molecule has 0 spiro atoms. The van der Waals surface area contributed by atoms with E-state index in [1.54, 1.807) is 12.1 Å². The summed E-state index contributed by atoms with van der Waals surface area (Å²) in [7, 11) is 0. The van der Waals surface area contributed by atoms with Crippen LogP contribution in [0.5, 0.6) is 5.75 Å². The Hall–Kier alpha value is -0.980. The summed E-state index contributed by atoms with van der Waals surface area (Å²) in [5.74, 6) is 0.219. The molecule has 0 aromatic heterocycles. The van der Waals surface area contributed by atoms with Crippen molar-refractivity contribution in [1.29, 1.82) is 0 Å². The van der Waals surface area contributed by atoms with Crippen LogP contribution in [0.3, 0.4) is 0 Å². The molecule has 0 saturated heterocycles. The van der Waals surface area contributed by atoms with Crippen LogP contribution in [0.1, 0.15) is 19.3 Å². The van der Waals surface area contributed by atoms with Crippen molar-refractivity contribution < 1.29 is 11.6 Å². The Bertz CT molecular complexity index is 345. The van der Waals surface area contributed by atoms with Crippen LogP contribution in [0.25, 0.3) is 0 Å². The molecule has 10 heavy (non-hydrogen) atoms. The maximum atomic E-state index is 7.27. The van der Waals surface area contributed by atoms with Crippen molar-refractivity contribution in [2.75, 3.05) is 6.56 Å². The Morgan fingerprint density at radius 1 is 1.70 bits per heavy atom. The number of benzene rings is 1. The van der Waals surface area contributed by atoms with E-state index < -0.39 is 13.4 Å². The van der Waals surface area contributed by atoms with E-state index in [4.69, 9.17) is 11.6 Å². The molecule has 0 amide bonds. The molecule has 0 atom stereocenters. The highest BCUT2D eigenvalue weighted by Gasteiger charge is 1.88. The molecule has 0 N–H and O–H groups in total. The van der Waals surface area contributed by atoms with Gasteiger partial charge in [-0.2, -0.15) is 0 Å². The standard InChI is InChI=1S/C9H12O/c1-3-10-9-6-4-5-8(2)7-9/h4-7H,3H2,1-2H3/i1D3,3D2. The maximum absolute atomic E-state index is 7.27. The molecule has 54 valence electrons. The van der Waals surface area contributed by atoms with E-state index in [1.165, 1.54) is 6.07 Å². The van der Waals surface area contributed by atoms with E-state index in [0.717, 1.165) is 5.56 Å². The van der Waals surface area contributed by atoms with Gasteiger partial charge in [-0.25, -0.2) is 0 Å². The first-order valence-corrected chi connectivity index (χ1v) is 2.98. The Labute approximate surface area is 68.7 Å². The lowest BCUT2D eigenvalue weighted by Crippen LogP contribution is -1.90. The monoisotopic (exact) mass is 141 g/mol. The van der Waals surface area contributed by atoms with E-state index >= 15 is 0 Å². The van der Waals surface area contributed by atoms with E-state index in [1.807, 2.05) is 13.0 Å². The molecule has 0 aliphatic heterocycles. The Morgan fingerprint density at radius 3 is 3.30 bits per heavy atom. The van der Waals surface area contributed by atoms with Crippen LogP contribution < -0.4 is 4.74 Å². The smallest absolute Gasteiger partial charge is 0.119 e. The molecule has 1 rings (SSSR count). The molecule has 0 aliphatic carbocycles. The van der Waals surface area contributed by atoms with Crippen LogP contribution in [0.4, 0.5) is 0 Å². The van der Waals surface area contributed by atoms with Gasteiger partial charge in [-0.3, -0.25) is 0 Å². The first kappa shape index (κ1) is 2.95. The first-order chi connectivity index (χ1) is 6.72. The molecule has 0 bridgehead atoms. The molecule has 0 aliphatic rings. The lowest BCUT2D eigenvalue weighted by atomic mass is 10.2. The number of hydrogen-bond acceptors (Lipinski definition) is 1. The summed E-state index contributed by atoms with van der Waals surface area (Å²) in [6, 6.07) is 6.61. The average molecular weight is 141 g/mol. The number of aryl methyl sites for hydroxylation is 1. The Morgan fingerprint density at radius 2 is 2.60 bits per heavy atom. The third kappa shape index (κ3) is 1.76. The number of hydrogen-bond donors (Lipinski definition) is 0. The number of rotatable bonds is 2. The summed E-state index contributed by atoms with van der Waals surface area (Å²) >= 11 is 0. The van der Waals surface area contributed by atoms with Crippen molar-refractivity contribution in [3.63, 3.8) is 0 Å². The lowest BCUT2D eigenvalue weighted by molar-refractivity contribution is 0.340. The number of ether oxygens (including phenoxy) is 1. The van der Waals surface area contributed by atoms with Crippen molar-refractivity contribution in [3.05, 3.63) is 29.8 Å². The highest BCUT2D eigenvalue weighted by atomic mass is 16.5. The highest BCUT2D eigenvalue weighted by molar-refractivity contribution is 5.27. The zero-order valence-electron chi connectivity index (χ0n) is 10.7. The molecule has 1 aromatic carbocycles. The summed E-state index contributed by atoms with van der Waals surface area (Å²) in [5, 5.41) is 0. The topological polar surface area (TPSA) is 9.23 Å². The Kier molecular flexibility index (Phi) is 0.961. The fraction of sp³-hybridized carbons (Fsp3) is 0.333. The molecule has 1 aromatic rings. The summed E-state index contributed by atoms with van der Waals surface area (Å²) in [6.07, 6.45) is 0. The van der Waals surface area contributed by atoms with Gasteiger partial charge >= 0.3 is 0 Å². The van der Waals surface area contributed by atoms with E-state index in [9.17, 15) is 0 Å². The van der Waals surface area contributed by atoms with Crippen LogP contribution in [0.2, 0.25) is 0 Å². The highest BCUT2D eigenvalue weighted by Crippen LogP contribution is 2.11. The van der Waals surface area contributed by atoms with Crippen molar-refractivity contribution in [2.45, 2.75) is 13.8 Å². The molecule has 0 radical (unpaired) electrons. The molecule has 1 heteroatoms. The quantitative estimate of drug-likeness (QED) is 0.614. The predicted octanol–water partition coefficient (Wildman–Crippen LogP) is 2.39. The average Bonchev–Trinajstić information content (AvgIpc) is 2.00. The third-order valence-electron chi connectivity index (χ3n) is 1.16. The molecule has 0 unspecified atom stereocenters. The minimum absolute atomic E-state index is 0.219. The van der Waals surface area contributed by atoms with Gasteiger partial charge in [0.05, 0.1) is 9.30 Å². The van der Waals surface area contributed by atoms with Crippen molar-refractivity contribution >= 4 is 0 Å². The maximum Gasteiger partial charge on any atom is 0.119 e. The van der Waals surface area contributed by atoms with E-state index in [0.29, 0.717) is 0 Å². The van der Waals surface area contributed by atoms with Gasteiger partial charge in [-0.15, -0.1) is 0 Å². The van der Waals surface area contributed by atoms with Gasteiger partial charge in [0.2, 0.25) is 0 Å². The normalized spacial score (nSPS) is 19.5. The molecule has 0 saturated carbocycles. The summed E-state index contributed by atoms with van der Waals surface area (Å²) in [6.45, 7) is -3.64. The second-order valence-electron chi connectivity index (χ2n) is 2.02. The Balaban J connectivity index is 2.87. The largest absolute Gasteiger partial charge is 0.494 e. The predicted molar refractivity (Wildman–Crippen MR) is 42.3 cm³/mol. The van der Waals surface area contributed by atoms with Crippen molar-refractivity contribution in [3.8, 4) is 5.75 Å². The van der Waals surface area contributed by atoms with Crippen LogP contribution in [0, 0.1) is 6.92 Å². The molecular formula is C9H12O. The second-order valence-corrected chi connectivity index (χ2v) is 2.02. The van der Waals surface area contributed by atoms with Crippen LogP contribution in [0.15, 0.2) is 24.3 Å². The van der Waals surface area contributed by atoms with Gasteiger partial charge in [-0.05, 0) is 31.5 Å². The summed E-state index contributed by atoms with van der Waals surface area (Å²) in [4.78, 5) is 0. The minimum Gasteiger partial charge on any atom is -0.494 e. The first-order valence-electron chi connectivity index (χ1n) is 5.48. The molecule has 1 nitrogen and oxygen atoms in total. The third-order valence-corrected chi connectivity index (χ3v) is 1.16. The molecule has 0 fully saturated rings. The zero-order chi connectivity index (χ0) is 11.7. The van der Waals surface area contributed by atoms with Gasteiger partial charge in [0.25, 0.3) is 0 Å². The van der Waals surface area contributed by atoms with Crippen molar-refractivity contribution in [1.82, 2.24) is 0 Å². The second kappa shape index (κ2) is 3.25. The fourth-order valence-corrected chi connectivity index (χ4v) is 0.738. The molecular weight excluding hydrogens is 124 g/mol. The van der Waals surface area contributed by atoms with Gasteiger partial charge in [0.1, 0.15) is 5.75 Å². The van der Waals surface area contributed by atoms with Gasteiger partial charge in [-0.1, -0.05) is 12.1 Å². The fourth-order valence-electron chi connectivity index (χ4n) is 0.738. The summed E-state index contributed by atoms with van der Waals surface area (Å²) in [5.41, 5.74) is 0.883. The molecule has 0 heterocycles.